The van der Waals surface area contributed by atoms with Crippen molar-refractivity contribution < 1.29 is 4.74 Å². The van der Waals surface area contributed by atoms with Crippen LogP contribution < -0.4 is 0 Å². The minimum atomic E-state index is 0.422. The molecule has 1 N–H and O–H groups in total. The van der Waals surface area contributed by atoms with Gasteiger partial charge in [-0.3, -0.25) is 0 Å². The van der Waals surface area contributed by atoms with Crippen molar-refractivity contribution in [3.8, 4) is 0 Å². The molecule has 0 bridgehead atoms. The number of hydrogen-bond donors (Lipinski definition) is 1. The normalized spacial score (nSPS) is 11.0. The molecule has 68 valence electrons. The zero-order chi connectivity index (χ0) is 9.40. The van der Waals surface area contributed by atoms with Gasteiger partial charge in [-0.25, -0.2) is 0 Å². The van der Waals surface area contributed by atoms with Gasteiger partial charge in [0.05, 0.1) is 6.21 Å². The standard InChI is InChI=1S/C10H17NO/c1-4-6-10(5-2)8-12-9(3)7-11/h6-7,11H,3-5,8H2,1-2H3/b10-6+,11-7?. The first-order chi connectivity index (χ1) is 5.74. The Bertz CT molecular complexity index is 182. The predicted molar refractivity (Wildman–Crippen MR) is 52.5 cm³/mol. The van der Waals surface area contributed by atoms with Crippen LogP contribution in [0.25, 0.3) is 0 Å². The molecule has 0 aliphatic heterocycles. The van der Waals surface area contributed by atoms with E-state index < -0.39 is 0 Å². The molecule has 2 nitrogen and oxygen atoms in total. The summed E-state index contributed by atoms with van der Waals surface area (Å²) in [7, 11) is 0. The lowest BCUT2D eigenvalue weighted by molar-refractivity contribution is 0.260. The molecule has 0 aromatic carbocycles. The Balaban J connectivity index is 3.80. The van der Waals surface area contributed by atoms with Gasteiger partial charge in [0.25, 0.3) is 0 Å². The van der Waals surface area contributed by atoms with Crippen LogP contribution in [0.3, 0.4) is 0 Å². The maximum Gasteiger partial charge on any atom is 0.130 e. The maximum absolute atomic E-state index is 6.84. The van der Waals surface area contributed by atoms with Gasteiger partial charge in [0, 0.05) is 0 Å². The molecule has 12 heavy (non-hydrogen) atoms. The van der Waals surface area contributed by atoms with Crippen LogP contribution >= 0.6 is 0 Å². The molecule has 0 saturated carbocycles. The molecule has 0 saturated heterocycles. The molecule has 0 rings (SSSR count). The zero-order valence-corrected chi connectivity index (χ0v) is 7.89. The van der Waals surface area contributed by atoms with Gasteiger partial charge < -0.3 is 10.1 Å². The van der Waals surface area contributed by atoms with Crippen molar-refractivity contribution in [2.45, 2.75) is 26.7 Å². The number of rotatable bonds is 6. The molecule has 0 aromatic rings. The van der Waals surface area contributed by atoms with Gasteiger partial charge in [-0.05, 0) is 18.4 Å². The second kappa shape index (κ2) is 6.65. The highest BCUT2D eigenvalue weighted by atomic mass is 16.5. The smallest absolute Gasteiger partial charge is 0.130 e. The first kappa shape index (κ1) is 11.0. The molecule has 0 amide bonds. The fourth-order valence-electron chi connectivity index (χ4n) is 0.821. The highest BCUT2D eigenvalue weighted by molar-refractivity contribution is 5.71. The van der Waals surface area contributed by atoms with Gasteiger partial charge in [0.15, 0.2) is 0 Å². The summed E-state index contributed by atoms with van der Waals surface area (Å²) < 4.78 is 5.19. The molecule has 0 radical (unpaired) electrons. The van der Waals surface area contributed by atoms with Gasteiger partial charge >= 0.3 is 0 Å². The molecule has 0 atom stereocenters. The van der Waals surface area contributed by atoms with E-state index in [9.17, 15) is 0 Å². The monoisotopic (exact) mass is 167 g/mol. The summed E-state index contributed by atoms with van der Waals surface area (Å²) in [6, 6.07) is 0. The molecule has 0 aliphatic carbocycles. The van der Waals surface area contributed by atoms with E-state index in [-0.39, 0.29) is 0 Å². The third kappa shape index (κ3) is 4.72. The van der Waals surface area contributed by atoms with E-state index in [1.807, 2.05) is 0 Å². The van der Waals surface area contributed by atoms with Crippen molar-refractivity contribution in [3.05, 3.63) is 24.0 Å². The summed E-state index contributed by atoms with van der Waals surface area (Å²) in [6.45, 7) is 8.31. The van der Waals surface area contributed by atoms with E-state index in [4.69, 9.17) is 10.1 Å². The summed E-state index contributed by atoms with van der Waals surface area (Å²) in [6.07, 6.45) is 5.30. The summed E-state index contributed by atoms with van der Waals surface area (Å²) in [5.41, 5.74) is 1.26. The Kier molecular flexibility index (Phi) is 6.07. The first-order valence-electron chi connectivity index (χ1n) is 4.24. The molecular weight excluding hydrogens is 150 g/mol. The van der Waals surface area contributed by atoms with Crippen molar-refractivity contribution in [2.75, 3.05) is 6.61 Å². The van der Waals surface area contributed by atoms with E-state index in [2.05, 4.69) is 26.5 Å². The zero-order valence-electron chi connectivity index (χ0n) is 7.89. The molecule has 0 heterocycles. The van der Waals surface area contributed by atoms with E-state index in [1.54, 1.807) is 0 Å². The molecule has 0 spiro atoms. The van der Waals surface area contributed by atoms with Crippen molar-refractivity contribution >= 4 is 6.21 Å². The Morgan fingerprint density at radius 3 is 2.58 bits per heavy atom. The van der Waals surface area contributed by atoms with E-state index in [0.717, 1.165) is 19.1 Å². The van der Waals surface area contributed by atoms with Crippen LogP contribution in [0.2, 0.25) is 0 Å². The number of allylic oxidation sites excluding steroid dienone is 2. The van der Waals surface area contributed by atoms with Crippen LogP contribution in [0.5, 0.6) is 0 Å². The molecular formula is C10H17NO. The fourth-order valence-corrected chi connectivity index (χ4v) is 0.821. The average Bonchev–Trinajstić information content (AvgIpc) is 2.11. The molecule has 0 aliphatic rings. The molecule has 2 heteroatoms. The van der Waals surface area contributed by atoms with Gasteiger partial charge in [-0.1, -0.05) is 26.5 Å². The molecule has 0 fully saturated rings. The van der Waals surface area contributed by atoms with E-state index in [1.165, 1.54) is 5.57 Å². The Morgan fingerprint density at radius 2 is 2.17 bits per heavy atom. The molecule has 0 aromatic heterocycles. The predicted octanol–water partition coefficient (Wildman–Crippen LogP) is 2.91. The topological polar surface area (TPSA) is 33.1 Å². The minimum Gasteiger partial charge on any atom is -0.488 e. The summed E-state index contributed by atoms with van der Waals surface area (Å²) in [4.78, 5) is 0. The van der Waals surface area contributed by atoms with Crippen LogP contribution in [-0.2, 0) is 4.74 Å². The lowest BCUT2D eigenvalue weighted by atomic mass is 10.2. The second-order valence-corrected chi connectivity index (χ2v) is 2.52. The number of nitrogens with one attached hydrogen (secondary N) is 1. The van der Waals surface area contributed by atoms with Crippen molar-refractivity contribution in [3.63, 3.8) is 0 Å². The summed E-state index contributed by atoms with van der Waals surface area (Å²) in [5.74, 6) is 0.422. The second-order valence-electron chi connectivity index (χ2n) is 2.52. The van der Waals surface area contributed by atoms with Crippen LogP contribution in [0.1, 0.15) is 26.7 Å². The van der Waals surface area contributed by atoms with Gasteiger partial charge in [-0.2, -0.15) is 0 Å². The maximum atomic E-state index is 6.84. The number of hydrogen-bond acceptors (Lipinski definition) is 2. The minimum absolute atomic E-state index is 0.422. The average molecular weight is 167 g/mol. The van der Waals surface area contributed by atoms with Crippen LogP contribution in [0.4, 0.5) is 0 Å². The highest BCUT2D eigenvalue weighted by Crippen LogP contribution is 2.04. The third-order valence-electron chi connectivity index (χ3n) is 1.55. The van der Waals surface area contributed by atoms with E-state index >= 15 is 0 Å². The Labute approximate surface area is 74.4 Å². The van der Waals surface area contributed by atoms with Gasteiger partial charge in [0.2, 0.25) is 0 Å². The third-order valence-corrected chi connectivity index (χ3v) is 1.55. The Hall–Kier alpha value is -1.05. The van der Waals surface area contributed by atoms with Gasteiger partial charge in [-0.15, -0.1) is 0 Å². The lowest BCUT2D eigenvalue weighted by Crippen LogP contribution is -1.97. The van der Waals surface area contributed by atoms with Crippen LogP contribution in [0.15, 0.2) is 24.0 Å². The summed E-state index contributed by atoms with van der Waals surface area (Å²) in [5, 5.41) is 6.84. The van der Waals surface area contributed by atoms with Crippen molar-refractivity contribution in [1.29, 1.82) is 5.41 Å². The van der Waals surface area contributed by atoms with Gasteiger partial charge in [0.1, 0.15) is 12.4 Å². The van der Waals surface area contributed by atoms with Crippen LogP contribution in [0, 0.1) is 5.41 Å². The fraction of sp³-hybridized carbons (Fsp3) is 0.500. The lowest BCUT2D eigenvalue weighted by Gasteiger charge is -2.06. The highest BCUT2D eigenvalue weighted by Gasteiger charge is 1.94. The SMILES string of the molecule is C=C(C=N)OC/C(=C/CC)CC. The quantitative estimate of drug-likeness (QED) is 0.368. The largest absolute Gasteiger partial charge is 0.488 e. The van der Waals surface area contributed by atoms with Crippen LogP contribution in [-0.4, -0.2) is 12.8 Å². The van der Waals surface area contributed by atoms with E-state index in [0.29, 0.717) is 12.4 Å². The van der Waals surface area contributed by atoms with Crippen molar-refractivity contribution in [2.24, 2.45) is 0 Å². The summed E-state index contributed by atoms with van der Waals surface area (Å²) >= 11 is 0. The Morgan fingerprint density at radius 1 is 1.50 bits per heavy atom. The first-order valence-corrected chi connectivity index (χ1v) is 4.24. The van der Waals surface area contributed by atoms with Crippen molar-refractivity contribution in [1.82, 2.24) is 0 Å². The molecule has 0 unspecified atom stereocenters. The number of ether oxygens (including phenoxy) is 1.